The standard InChI is InChI=1S/C79H149N2O7P/c1-7-10-13-16-19-22-25-28-30-32-34-36-38-39-40-41-43-45-47-49-51-54-57-60-63-66-69-72-79(83)88-77(70-67-64-61-58-55-52-27-24-21-18-15-12-9-3)76(75-87-89(84,85)86-74-73-81(4,5)6)80-78(82)71-68-65-62-59-56-53-50-48-46-44-42-37-35-33-31-29-26-23-20-17-14-11-8-2/h20,23,28-31,35,37,67,70,76-77H,7-19,21-22,24-27,32-34,36,38-66,68-69,71-75H2,1-6H3,(H-,80,82,84,85)/p+1/b23-20-,30-28+,31-29-,37-35-,70-67+. The lowest BCUT2D eigenvalue weighted by atomic mass is 10.0. The number of allylic oxidation sites excluding steroid dienone is 9. The largest absolute Gasteiger partial charge is 0.472 e. The fourth-order valence-electron chi connectivity index (χ4n) is 11.5. The lowest BCUT2D eigenvalue weighted by molar-refractivity contribution is -0.870. The van der Waals surface area contributed by atoms with Gasteiger partial charge in [0.05, 0.1) is 33.8 Å². The number of amides is 1. The Morgan fingerprint density at radius 2 is 0.685 bits per heavy atom. The molecular formula is C79H150N2O7P+. The maximum atomic E-state index is 13.7. The molecule has 3 unspecified atom stereocenters. The van der Waals surface area contributed by atoms with Gasteiger partial charge in [-0.3, -0.25) is 18.6 Å². The molecule has 0 aliphatic rings. The van der Waals surface area contributed by atoms with Crippen molar-refractivity contribution in [2.24, 2.45) is 0 Å². The summed E-state index contributed by atoms with van der Waals surface area (Å²) in [5, 5.41) is 3.08. The van der Waals surface area contributed by atoms with Crippen LogP contribution in [0.1, 0.15) is 380 Å². The summed E-state index contributed by atoms with van der Waals surface area (Å²) in [6.45, 7) is 7.04. The van der Waals surface area contributed by atoms with Gasteiger partial charge in [-0.05, 0) is 96.0 Å². The van der Waals surface area contributed by atoms with E-state index in [0.717, 1.165) is 70.6 Å². The fourth-order valence-corrected chi connectivity index (χ4v) is 12.2. The Kier molecular flexibility index (Phi) is 66.8. The number of hydrogen-bond acceptors (Lipinski definition) is 6. The number of esters is 1. The van der Waals surface area contributed by atoms with E-state index in [1.54, 1.807) is 0 Å². The molecule has 0 rings (SSSR count). The van der Waals surface area contributed by atoms with E-state index < -0.39 is 20.0 Å². The highest BCUT2D eigenvalue weighted by Gasteiger charge is 2.30. The molecule has 89 heavy (non-hydrogen) atoms. The quantitative estimate of drug-likeness (QED) is 0.0205. The summed E-state index contributed by atoms with van der Waals surface area (Å²) in [5.74, 6) is -0.492. The number of phosphoric ester groups is 1. The first-order valence-corrected chi connectivity index (χ1v) is 40.1. The number of quaternary nitrogens is 1. The number of likely N-dealkylation sites (N-methyl/N-ethyl adjacent to an activating group) is 1. The number of carbonyl (C=O) groups is 2. The van der Waals surface area contributed by atoms with Crippen LogP contribution in [0.3, 0.4) is 0 Å². The Morgan fingerprint density at radius 3 is 1.06 bits per heavy atom. The molecule has 0 radical (unpaired) electrons. The molecule has 0 aromatic rings. The molecule has 0 aromatic heterocycles. The van der Waals surface area contributed by atoms with Crippen molar-refractivity contribution in [2.75, 3.05) is 40.9 Å². The minimum atomic E-state index is -4.46. The maximum Gasteiger partial charge on any atom is 0.472 e. The van der Waals surface area contributed by atoms with Gasteiger partial charge in [-0.15, -0.1) is 0 Å². The van der Waals surface area contributed by atoms with Crippen LogP contribution in [0.5, 0.6) is 0 Å². The molecule has 0 aromatic carbocycles. The van der Waals surface area contributed by atoms with E-state index in [4.69, 9.17) is 13.8 Å². The lowest BCUT2D eigenvalue weighted by Crippen LogP contribution is -2.47. The Labute approximate surface area is 553 Å². The van der Waals surface area contributed by atoms with E-state index in [0.29, 0.717) is 23.9 Å². The molecule has 0 spiro atoms. The number of phosphoric acid groups is 1. The van der Waals surface area contributed by atoms with Crippen molar-refractivity contribution in [1.82, 2.24) is 5.32 Å². The highest BCUT2D eigenvalue weighted by Crippen LogP contribution is 2.43. The monoisotopic (exact) mass is 1270 g/mol. The van der Waals surface area contributed by atoms with Gasteiger partial charge in [0.1, 0.15) is 19.3 Å². The zero-order valence-corrected chi connectivity index (χ0v) is 60.8. The maximum absolute atomic E-state index is 13.7. The van der Waals surface area contributed by atoms with E-state index in [9.17, 15) is 19.0 Å². The van der Waals surface area contributed by atoms with Gasteiger partial charge in [0.15, 0.2) is 0 Å². The van der Waals surface area contributed by atoms with Gasteiger partial charge in [-0.2, -0.15) is 0 Å². The first kappa shape index (κ1) is 86.7. The van der Waals surface area contributed by atoms with Crippen LogP contribution >= 0.6 is 7.82 Å². The summed E-state index contributed by atoms with van der Waals surface area (Å²) in [7, 11) is 1.51. The van der Waals surface area contributed by atoms with Crippen LogP contribution in [-0.4, -0.2) is 74.3 Å². The smallest absolute Gasteiger partial charge is 0.456 e. The molecule has 0 aliphatic carbocycles. The molecule has 0 fully saturated rings. The number of nitrogens with one attached hydrogen (secondary N) is 1. The predicted molar refractivity (Wildman–Crippen MR) is 388 cm³/mol. The molecule has 0 saturated carbocycles. The molecule has 2 N–H and O–H groups in total. The fraction of sp³-hybridized carbons (Fsp3) is 0.848. The van der Waals surface area contributed by atoms with Gasteiger partial charge in [0.25, 0.3) is 0 Å². The number of ether oxygens (including phenoxy) is 1. The van der Waals surface area contributed by atoms with Gasteiger partial charge < -0.3 is 19.4 Å². The summed E-state index contributed by atoms with van der Waals surface area (Å²) in [6.07, 6.45) is 89.6. The number of carbonyl (C=O) groups excluding carboxylic acids is 2. The molecule has 522 valence electrons. The van der Waals surface area contributed by atoms with E-state index in [1.165, 1.54) is 276 Å². The van der Waals surface area contributed by atoms with Gasteiger partial charge in [-0.25, -0.2) is 4.57 Å². The number of nitrogens with zero attached hydrogens (tertiary/aromatic N) is 1. The Bertz CT molecular complexity index is 1700. The van der Waals surface area contributed by atoms with E-state index in [-0.39, 0.29) is 25.1 Å². The zero-order valence-electron chi connectivity index (χ0n) is 59.9. The Morgan fingerprint density at radius 1 is 0.393 bits per heavy atom. The number of unbranched alkanes of at least 4 members (excludes halogenated alkanes) is 47. The average Bonchev–Trinajstić information content (AvgIpc) is 3.64. The number of rotatable bonds is 71. The second-order valence-corrected chi connectivity index (χ2v) is 29.0. The normalized spacial score (nSPS) is 13.7. The molecule has 10 heteroatoms. The van der Waals surface area contributed by atoms with E-state index in [2.05, 4.69) is 80.8 Å². The molecule has 0 saturated heterocycles. The second-order valence-electron chi connectivity index (χ2n) is 27.5. The highest BCUT2D eigenvalue weighted by molar-refractivity contribution is 7.47. The molecule has 0 aliphatic heterocycles. The summed E-state index contributed by atoms with van der Waals surface area (Å²) in [6, 6.07) is -0.852. The Hall–Kier alpha value is -2.29. The molecule has 9 nitrogen and oxygen atoms in total. The highest BCUT2D eigenvalue weighted by atomic mass is 31.2. The summed E-state index contributed by atoms with van der Waals surface area (Å²) < 4.78 is 30.9. The molecule has 3 atom stereocenters. The van der Waals surface area contributed by atoms with E-state index >= 15 is 0 Å². The summed E-state index contributed by atoms with van der Waals surface area (Å²) in [5.41, 5.74) is 0. The van der Waals surface area contributed by atoms with Crippen molar-refractivity contribution in [2.45, 2.75) is 392 Å². The molecule has 1 amide bonds. The third kappa shape index (κ3) is 69.9. The van der Waals surface area contributed by atoms with Gasteiger partial charge in [0, 0.05) is 12.8 Å². The number of hydrogen-bond donors (Lipinski definition) is 2. The first-order chi connectivity index (χ1) is 43.4. The predicted octanol–water partition coefficient (Wildman–Crippen LogP) is 24.9. The minimum absolute atomic E-state index is 0.0401. The van der Waals surface area contributed by atoms with Crippen molar-refractivity contribution in [3.05, 3.63) is 60.8 Å². The van der Waals surface area contributed by atoms with Crippen LogP contribution in [0.2, 0.25) is 0 Å². The van der Waals surface area contributed by atoms with Crippen molar-refractivity contribution in [3.63, 3.8) is 0 Å². The van der Waals surface area contributed by atoms with Crippen molar-refractivity contribution < 1.29 is 37.3 Å². The topological polar surface area (TPSA) is 111 Å². The van der Waals surface area contributed by atoms with Gasteiger partial charge in [-0.1, -0.05) is 332 Å². The summed E-state index contributed by atoms with van der Waals surface area (Å²) >= 11 is 0. The third-order valence-electron chi connectivity index (χ3n) is 17.4. The SMILES string of the molecule is CCCCC/C=C\C/C=C\C/C=C\CCCCCCCCCCCCC(=O)NC(COP(=O)(O)OCC[N+](C)(C)C)C(/C=C/CCCCCCCCCCCCC)OC(=O)CCCCCCCCCCCCCCCCCCC/C=C/CCCCCCCC. The lowest BCUT2D eigenvalue weighted by Gasteiger charge is -2.27. The summed E-state index contributed by atoms with van der Waals surface area (Å²) in [4.78, 5) is 38.0. The van der Waals surface area contributed by atoms with Crippen LogP contribution < -0.4 is 5.32 Å². The van der Waals surface area contributed by atoms with Crippen LogP contribution in [0.15, 0.2) is 60.8 Å². The van der Waals surface area contributed by atoms with Crippen molar-refractivity contribution in [3.8, 4) is 0 Å². The van der Waals surface area contributed by atoms with Gasteiger partial charge in [0.2, 0.25) is 5.91 Å². The van der Waals surface area contributed by atoms with Crippen LogP contribution in [-0.2, 0) is 27.9 Å². The second kappa shape index (κ2) is 68.6. The van der Waals surface area contributed by atoms with Crippen LogP contribution in [0, 0.1) is 0 Å². The first-order valence-electron chi connectivity index (χ1n) is 38.6. The molecule has 0 bridgehead atoms. The van der Waals surface area contributed by atoms with Crippen LogP contribution in [0.4, 0.5) is 0 Å². The molecular weight excluding hydrogens is 1120 g/mol. The minimum Gasteiger partial charge on any atom is -0.456 e. The van der Waals surface area contributed by atoms with Gasteiger partial charge >= 0.3 is 13.8 Å². The third-order valence-corrected chi connectivity index (χ3v) is 18.4. The van der Waals surface area contributed by atoms with Crippen LogP contribution in [0.25, 0.3) is 0 Å². The zero-order chi connectivity index (χ0) is 64.9. The molecule has 0 heterocycles. The van der Waals surface area contributed by atoms with Crippen molar-refractivity contribution in [1.29, 1.82) is 0 Å². The Balaban J connectivity index is 4.99. The average molecular weight is 1270 g/mol. The van der Waals surface area contributed by atoms with Crippen molar-refractivity contribution >= 4 is 19.7 Å². The van der Waals surface area contributed by atoms with E-state index in [1.807, 2.05) is 27.2 Å².